The van der Waals surface area contributed by atoms with E-state index in [1.165, 1.54) is 7.11 Å². The van der Waals surface area contributed by atoms with Crippen LogP contribution in [0, 0.1) is 5.92 Å². The van der Waals surface area contributed by atoms with Crippen LogP contribution in [-0.4, -0.2) is 88.6 Å². The Kier molecular flexibility index (Phi) is 8.17. The predicted octanol–water partition coefficient (Wildman–Crippen LogP) is 3.34. The molecule has 0 bridgehead atoms. The number of carbonyl (C=O) groups excluding carboxylic acids is 3. The van der Waals surface area contributed by atoms with Crippen molar-refractivity contribution in [2.45, 2.75) is 90.4 Å². The minimum atomic E-state index is -0.864. The van der Waals surface area contributed by atoms with Crippen LogP contribution < -0.4 is 25.5 Å². The molecule has 1 aromatic heterocycles. The van der Waals surface area contributed by atoms with Crippen molar-refractivity contribution in [2.24, 2.45) is 5.92 Å². The molecule has 3 N–H and O–H groups in total. The summed E-state index contributed by atoms with van der Waals surface area (Å²) < 4.78 is 28.2. The molecule has 3 amide bonds. The monoisotopic (exact) mass is 674 g/mol. The highest BCUT2D eigenvalue weighted by Gasteiger charge is 2.50. The van der Waals surface area contributed by atoms with Gasteiger partial charge in [0.15, 0.2) is 11.5 Å². The van der Waals surface area contributed by atoms with Crippen LogP contribution in [-0.2, 0) is 32.0 Å². The second kappa shape index (κ2) is 12.1. The summed E-state index contributed by atoms with van der Waals surface area (Å²) in [6.45, 7) is 13.1. The second-order valence-electron chi connectivity index (χ2n) is 14.6. The Balaban J connectivity index is 1.13. The van der Waals surface area contributed by atoms with Gasteiger partial charge >= 0.3 is 19.2 Å². The van der Waals surface area contributed by atoms with Crippen molar-refractivity contribution in [1.82, 2.24) is 30.3 Å². The number of nitrogens with zero attached hydrogens (tertiary/aromatic N) is 3. The summed E-state index contributed by atoms with van der Waals surface area (Å²) in [5.41, 5.74) is 3.78. The number of hydrogen-bond donors (Lipinski definition) is 3. The minimum Gasteiger partial charge on any atom is -0.454 e. The van der Waals surface area contributed by atoms with Crippen molar-refractivity contribution in [3.8, 4) is 11.5 Å². The number of methoxy groups -OCH3 is 1. The van der Waals surface area contributed by atoms with E-state index in [-0.39, 0.29) is 43.4 Å². The molecule has 0 aliphatic carbocycles. The van der Waals surface area contributed by atoms with Crippen molar-refractivity contribution in [2.75, 3.05) is 20.4 Å². The Morgan fingerprint density at radius 1 is 1.06 bits per heavy atom. The van der Waals surface area contributed by atoms with Gasteiger partial charge in [0.1, 0.15) is 18.0 Å². The third kappa shape index (κ3) is 6.03. The highest BCUT2D eigenvalue weighted by molar-refractivity contribution is 6.66. The van der Waals surface area contributed by atoms with Gasteiger partial charge in [-0.25, -0.2) is 14.6 Å². The number of aromatic amines is 1. The van der Waals surface area contributed by atoms with Gasteiger partial charge in [-0.15, -0.1) is 0 Å². The van der Waals surface area contributed by atoms with Crippen LogP contribution in [0.4, 0.5) is 9.59 Å². The van der Waals surface area contributed by atoms with Crippen molar-refractivity contribution in [1.29, 1.82) is 0 Å². The van der Waals surface area contributed by atoms with Crippen LogP contribution in [0.2, 0.25) is 0 Å². The van der Waals surface area contributed by atoms with Crippen molar-refractivity contribution in [3.05, 3.63) is 47.3 Å². The average Bonchev–Trinajstić information content (AvgIpc) is 3.87. The van der Waals surface area contributed by atoms with Gasteiger partial charge in [-0.1, -0.05) is 19.9 Å². The summed E-state index contributed by atoms with van der Waals surface area (Å²) in [6.07, 6.45) is -1.48. The number of fused-ring (bicyclic) bond motifs is 3. The molecule has 15 heteroatoms. The van der Waals surface area contributed by atoms with Gasteiger partial charge in [0, 0.05) is 25.0 Å². The lowest BCUT2D eigenvalue weighted by molar-refractivity contribution is -0.135. The van der Waals surface area contributed by atoms with E-state index in [1.54, 1.807) is 9.80 Å². The van der Waals surface area contributed by atoms with Gasteiger partial charge < -0.3 is 44.0 Å². The zero-order valence-corrected chi connectivity index (χ0v) is 28.9. The lowest BCUT2D eigenvalue weighted by Gasteiger charge is -2.33. The highest BCUT2D eigenvalue weighted by Crippen LogP contribution is 2.39. The van der Waals surface area contributed by atoms with Crippen LogP contribution in [0.15, 0.2) is 30.3 Å². The normalized spacial score (nSPS) is 22.5. The number of alkyl carbamates (subject to hydrolysis) is 1. The fourth-order valence-electron chi connectivity index (χ4n) is 6.89. The van der Waals surface area contributed by atoms with Gasteiger partial charge in [0.2, 0.25) is 12.7 Å². The number of likely N-dealkylation sites (tertiary alicyclic amines) is 1. The van der Waals surface area contributed by atoms with Crippen LogP contribution >= 0.6 is 0 Å². The Morgan fingerprint density at radius 3 is 2.37 bits per heavy atom. The number of imidazole rings is 1. The van der Waals surface area contributed by atoms with E-state index in [0.29, 0.717) is 36.8 Å². The number of amides is 3. The molecule has 4 aliphatic heterocycles. The number of aromatic nitrogens is 2. The summed E-state index contributed by atoms with van der Waals surface area (Å²) in [7, 11) is 0.948. The summed E-state index contributed by atoms with van der Waals surface area (Å²) in [5, 5.41) is 6.25. The number of nitrogens with one attached hydrogen (secondary N) is 3. The first-order valence-corrected chi connectivity index (χ1v) is 16.7. The summed E-state index contributed by atoms with van der Waals surface area (Å²) >= 11 is 0. The largest absolute Gasteiger partial charge is 0.454 e. The first kappa shape index (κ1) is 33.0. The number of hydrogen-bond acceptors (Lipinski definition) is 10. The molecular formula is C34H43BN6O8. The Labute approximate surface area is 285 Å². The Hall–Kier alpha value is -4.50. The molecule has 3 unspecified atom stereocenters. The molecule has 14 nitrogen and oxygen atoms in total. The van der Waals surface area contributed by atoms with Crippen LogP contribution in [0.1, 0.15) is 71.0 Å². The number of rotatable bonds is 6. The molecule has 3 atom stereocenters. The first-order valence-electron chi connectivity index (χ1n) is 16.7. The van der Waals surface area contributed by atoms with E-state index in [1.807, 2.05) is 44.2 Å². The molecule has 0 radical (unpaired) electrons. The van der Waals surface area contributed by atoms with E-state index in [0.717, 1.165) is 27.6 Å². The fourth-order valence-corrected chi connectivity index (χ4v) is 6.89. The molecule has 2 fully saturated rings. The molecule has 260 valence electrons. The van der Waals surface area contributed by atoms with Gasteiger partial charge in [-0.05, 0) is 74.5 Å². The third-order valence-electron chi connectivity index (χ3n) is 10.4. The maximum Gasteiger partial charge on any atom is 0.416 e. The molecule has 0 spiro atoms. The smallest absolute Gasteiger partial charge is 0.416 e. The van der Waals surface area contributed by atoms with Crippen LogP contribution in [0.5, 0.6) is 11.5 Å². The summed E-state index contributed by atoms with van der Waals surface area (Å²) in [4.78, 5) is 51.5. The molecule has 4 aliphatic rings. The van der Waals surface area contributed by atoms with Crippen molar-refractivity contribution in [3.63, 3.8) is 0 Å². The topological polar surface area (TPSA) is 157 Å². The molecule has 3 aromatic rings. The van der Waals surface area contributed by atoms with E-state index < -0.39 is 30.4 Å². The van der Waals surface area contributed by atoms with E-state index in [4.69, 9.17) is 28.6 Å². The molecule has 2 aromatic carbocycles. The quantitative estimate of drug-likeness (QED) is 0.332. The minimum absolute atomic E-state index is 0.129. The number of ether oxygens (including phenoxy) is 4. The molecule has 0 saturated carbocycles. The van der Waals surface area contributed by atoms with E-state index >= 15 is 0 Å². The number of carbonyl (C=O) groups is 3. The third-order valence-corrected chi connectivity index (χ3v) is 10.4. The molecule has 49 heavy (non-hydrogen) atoms. The highest BCUT2D eigenvalue weighted by atomic mass is 16.7. The zero-order chi connectivity index (χ0) is 34.8. The fraction of sp³-hybridized carbons (Fsp3) is 0.529. The first-order chi connectivity index (χ1) is 23.2. The number of H-pyrrole nitrogens is 1. The summed E-state index contributed by atoms with van der Waals surface area (Å²) in [5.74, 6) is 1.33. The lowest BCUT2D eigenvalue weighted by atomic mass is 9.73. The van der Waals surface area contributed by atoms with Gasteiger partial charge in [0.05, 0.1) is 36.3 Å². The van der Waals surface area contributed by atoms with Gasteiger partial charge in [-0.2, -0.15) is 0 Å². The standard InChI is InChI=1S/C34H43BN6O8/c1-18(2)28(38-31(43)45-7)30(42)41-16-22(48-32(44)40-14-19-10-26-27(47-17-46-26)11-20(19)15-40)13-25(41)29-36-23-9-8-21(12-24(23)37-29)35-39-33(3,4)34(5,6)49-35/h8-12,18,22,25,28,39H,13-17H2,1-7H3,(H,36,37)(H,38,43). The maximum absolute atomic E-state index is 14.1. The van der Waals surface area contributed by atoms with Crippen LogP contribution in [0.3, 0.4) is 0 Å². The van der Waals surface area contributed by atoms with Crippen molar-refractivity contribution < 1.29 is 38.0 Å². The lowest BCUT2D eigenvalue weighted by Crippen LogP contribution is -2.51. The predicted molar refractivity (Wildman–Crippen MR) is 179 cm³/mol. The van der Waals surface area contributed by atoms with E-state index in [9.17, 15) is 14.4 Å². The second-order valence-corrected chi connectivity index (χ2v) is 14.6. The van der Waals surface area contributed by atoms with E-state index in [2.05, 4.69) is 43.2 Å². The molecule has 5 heterocycles. The summed E-state index contributed by atoms with van der Waals surface area (Å²) in [6, 6.07) is 8.33. The molecular weight excluding hydrogens is 631 g/mol. The SMILES string of the molecule is COC(=O)NC(C(=O)N1CC(OC(=O)N2Cc3cc4c(cc3C2)OCO4)CC1c1nc2cc(B3NC(C)(C)C(C)(C)O3)ccc2[nH]1)C(C)C. The zero-order valence-electron chi connectivity index (χ0n) is 28.9. The van der Waals surface area contributed by atoms with Gasteiger partial charge in [-0.3, -0.25) is 9.69 Å². The number of benzene rings is 2. The average molecular weight is 675 g/mol. The van der Waals surface area contributed by atoms with Gasteiger partial charge in [0.25, 0.3) is 0 Å². The molecule has 7 rings (SSSR count). The Morgan fingerprint density at radius 2 is 1.76 bits per heavy atom. The van der Waals surface area contributed by atoms with Crippen molar-refractivity contribution >= 4 is 41.6 Å². The molecule has 2 saturated heterocycles. The maximum atomic E-state index is 14.1. The van der Waals surface area contributed by atoms with Crippen LogP contribution in [0.25, 0.3) is 11.0 Å². The Bertz CT molecular complexity index is 1760.